The van der Waals surface area contributed by atoms with Gasteiger partial charge in [0.2, 0.25) is 0 Å². The van der Waals surface area contributed by atoms with Crippen LogP contribution in [-0.2, 0) is 0 Å². The van der Waals surface area contributed by atoms with Gasteiger partial charge in [-0.25, -0.2) is 0 Å². The Morgan fingerprint density at radius 2 is 2.05 bits per heavy atom. The van der Waals surface area contributed by atoms with Crippen molar-refractivity contribution in [1.82, 2.24) is 5.32 Å². The molecule has 0 aliphatic rings. The highest BCUT2D eigenvalue weighted by Crippen LogP contribution is 2.19. The molecule has 0 saturated heterocycles. The zero-order valence-corrected chi connectivity index (χ0v) is 13.1. The van der Waals surface area contributed by atoms with Crippen molar-refractivity contribution in [3.05, 3.63) is 46.7 Å². The molecule has 4 nitrogen and oxygen atoms in total. The van der Waals surface area contributed by atoms with Gasteiger partial charge in [0.25, 0.3) is 0 Å². The SMILES string of the molecule is COc1cccc(OCC(O)CN[C@@H](C)c2cccs2)c1. The lowest BCUT2D eigenvalue weighted by atomic mass is 10.2. The lowest BCUT2D eigenvalue weighted by molar-refractivity contribution is 0.104. The number of nitrogens with one attached hydrogen (secondary N) is 1. The smallest absolute Gasteiger partial charge is 0.123 e. The second-order valence-electron chi connectivity index (χ2n) is 4.79. The Hall–Kier alpha value is -1.56. The van der Waals surface area contributed by atoms with Crippen molar-refractivity contribution in [2.45, 2.75) is 19.1 Å². The third-order valence-corrected chi connectivity index (χ3v) is 4.17. The van der Waals surface area contributed by atoms with Crippen molar-refractivity contribution >= 4 is 11.3 Å². The minimum Gasteiger partial charge on any atom is -0.497 e. The Bertz CT molecular complexity index is 530. The molecule has 0 spiro atoms. The lowest BCUT2D eigenvalue weighted by Gasteiger charge is -2.17. The summed E-state index contributed by atoms with van der Waals surface area (Å²) in [6, 6.07) is 11.7. The summed E-state index contributed by atoms with van der Waals surface area (Å²) in [5, 5.41) is 15.3. The Labute approximate surface area is 129 Å². The van der Waals surface area contributed by atoms with Gasteiger partial charge in [0, 0.05) is 23.5 Å². The van der Waals surface area contributed by atoms with Crippen molar-refractivity contribution in [2.75, 3.05) is 20.3 Å². The molecule has 21 heavy (non-hydrogen) atoms. The molecule has 0 bridgehead atoms. The van der Waals surface area contributed by atoms with Gasteiger partial charge in [0.15, 0.2) is 0 Å². The van der Waals surface area contributed by atoms with Crippen molar-refractivity contribution in [1.29, 1.82) is 0 Å². The molecule has 5 heteroatoms. The van der Waals surface area contributed by atoms with Crippen molar-refractivity contribution < 1.29 is 14.6 Å². The summed E-state index contributed by atoms with van der Waals surface area (Å²) < 4.78 is 10.7. The second-order valence-corrected chi connectivity index (χ2v) is 5.77. The van der Waals surface area contributed by atoms with E-state index in [0.29, 0.717) is 12.3 Å². The summed E-state index contributed by atoms with van der Waals surface area (Å²) >= 11 is 1.71. The zero-order chi connectivity index (χ0) is 15.1. The normalized spacial score (nSPS) is 13.7. The number of hydrogen-bond donors (Lipinski definition) is 2. The van der Waals surface area contributed by atoms with Crippen LogP contribution in [0.4, 0.5) is 0 Å². The predicted molar refractivity (Wildman–Crippen MR) is 85.2 cm³/mol. The first-order valence-corrected chi connectivity index (χ1v) is 7.78. The molecule has 0 amide bonds. The number of aliphatic hydroxyl groups excluding tert-OH is 1. The van der Waals surface area contributed by atoms with Crippen molar-refractivity contribution in [3.63, 3.8) is 0 Å². The van der Waals surface area contributed by atoms with E-state index < -0.39 is 6.10 Å². The molecular formula is C16H21NO3S. The quantitative estimate of drug-likeness (QED) is 0.787. The molecule has 0 aliphatic carbocycles. The number of methoxy groups -OCH3 is 1. The molecule has 1 aromatic heterocycles. The summed E-state index contributed by atoms with van der Waals surface area (Å²) in [7, 11) is 1.61. The molecular weight excluding hydrogens is 286 g/mol. The van der Waals surface area contributed by atoms with Gasteiger partial charge in [0.1, 0.15) is 24.2 Å². The van der Waals surface area contributed by atoms with Gasteiger partial charge in [-0.1, -0.05) is 12.1 Å². The number of aliphatic hydroxyl groups is 1. The van der Waals surface area contributed by atoms with Gasteiger partial charge >= 0.3 is 0 Å². The van der Waals surface area contributed by atoms with Crippen LogP contribution in [0, 0.1) is 0 Å². The maximum atomic E-state index is 9.97. The first-order chi connectivity index (χ1) is 10.2. The van der Waals surface area contributed by atoms with Gasteiger partial charge < -0.3 is 19.9 Å². The standard InChI is InChI=1S/C16H21NO3S/c1-12(16-7-4-8-21-16)17-10-13(18)11-20-15-6-3-5-14(9-15)19-2/h3-9,12-13,17-18H,10-11H2,1-2H3/t12-,13?/m0/s1. The Morgan fingerprint density at radius 3 is 2.76 bits per heavy atom. The molecule has 1 aromatic carbocycles. The third kappa shape index (κ3) is 5.04. The number of hydrogen-bond acceptors (Lipinski definition) is 5. The molecule has 1 heterocycles. The average molecular weight is 307 g/mol. The minimum atomic E-state index is -0.557. The molecule has 0 saturated carbocycles. The van der Waals surface area contributed by atoms with Gasteiger partial charge in [-0.15, -0.1) is 11.3 Å². The van der Waals surface area contributed by atoms with E-state index in [1.165, 1.54) is 4.88 Å². The van der Waals surface area contributed by atoms with Gasteiger partial charge in [0.05, 0.1) is 7.11 Å². The first kappa shape index (κ1) is 15.8. The number of thiophene rings is 1. The third-order valence-electron chi connectivity index (χ3n) is 3.11. The Kier molecular flexibility index (Phi) is 6.04. The summed E-state index contributed by atoms with van der Waals surface area (Å²) in [6.07, 6.45) is -0.557. The molecule has 2 N–H and O–H groups in total. The van der Waals surface area contributed by atoms with Crippen LogP contribution < -0.4 is 14.8 Å². The summed E-state index contributed by atoms with van der Waals surface area (Å²) in [5.74, 6) is 1.44. The Balaban J connectivity index is 1.73. The van der Waals surface area contributed by atoms with E-state index >= 15 is 0 Å². The predicted octanol–water partition coefficient (Wildman–Crippen LogP) is 2.85. The molecule has 2 aromatic rings. The maximum absolute atomic E-state index is 9.97. The van der Waals surface area contributed by atoms with E-state index in [-0.39, 0.29) is 12.6 Å². The average Bonchev–Trinajstić information content (AvgIpc) is 3.05. The largest absolute Gasteiger partial charge is 0.497 e. The van der Waals surface area contributed by atoms with Crippen LogP contribution in [0.3, 0.4) is 0 Å². The van der Waals surface area contributed by atoms with E-state index in [0.717, 1.165) is 5.75 Å². The second kappa shape index (κ2) is 8.02. The van der Waals surface area contributed by atoms with Crippen LogP contribution in [-0.4, -0.2) is 31.5 Å². The van der Waals surface area contributed by atoms with Gasteiger partial charge in [-0.2, -0.15) is 0 Å². The lowest BCUT2D eigenvalue weighted by Crippen LogP contribution is -2.32. The first-order valence-electron chi connectivity index (χ1n) is 6.90. The highest BCUT2D eigenvalue weighted by Gasteiger charge is 2.10. The summed E-state index contributed by atoms with van der Waals surface area (Å²) in [5.41, 5.74) is 0. The Morgan fingerprint density at radius 1 is 1.24 bits per heavy atom. The van der Waals surface area contributed by atoms with Crippen molar-refractivity contribution in [2.24, 2.45) is 0 Å². The van der Waals surface area contributed by atoms with Crippen LogP contribution in [0.2, 0.25) is 0 Å². The maximum Gasteiger partial charge on any atom is 0.123 e. The molecule has 114 valence electrons. The zero-order valence-electron chi connectivity index (χ0n) is 12.3. The number of rotatable bonds is 8. The summed E-state index contributed by atoms with van der Waals surface area (Å²) in [4.78, 5) is 1.26. The van der Waals surface area contributed by atoms with Crippen LogP contribution in [0.1, 0.15) is 17.8 Å². The fourth-order valence-electron chi connectivity index (χ4n) is 1.89. The highest BCUT2D eigenvalue weighted by molar-refractivity contribution is 7.10. The van der Waals surface area contributed by atoms with Crippen LogP contribution in [0.25, 0.3) is 0 Å². The molecule has 0 radical (unpaired) electrons. The van der Waals surface area contributed by atoms with Crippen LogP contribution in [0.5, 0.6) is 11.5 Å². The molecule has 2 rings (SSSR count). The highest BCUT2D eigenvalue weighted by atomic mass is 32.1. The van der Waals surface area contributed by atoms with E-state index in [1.54, 1.807) is 24.5 Å². The molecule has 1 unspecified atom stereocenters. The monoisotopic (exact) mass is 307 g/mol. The van der Waals surface area contributed by atoms with Gasteiger partial charge in [-0.05, 0) is 30.5 Å². The van der Waals surface area contributed by atoms with Crippen LogP contribution in [0.15, 0.2) is 41.8 Å². The van der Waals surface area contributed by atoms with Crippen LogP contribution >= 0.6 is 11.3 Å². The van der Waals surface area contributed by atoms with Crippen molar-refractivity contribution in [3.8, 4) is 11.5 Å². The topological polar surface area (TPSA) is 50.7 Å². The fourth-order valence-corrected chi connectivity index (χ4v) is 2.65. The number of benzene rings is 1. The van der Waals surface area contributed by atoms with E-state index in [9.17, 15) is 5.11 Å². The van der Waals surface area contributed by atoms with Gasteiger partial charge in [-0.3, -0.25) is 0 Å². The minimum absolute atomic E-state index is 0.233. The number of ether oxygens (including phenoxy) is 2. The summed E-state index contributed by atoms with van der Waals surface area (Å²) in [6.45, 7) is 2.82. The van der Waals surface area contributed by atoms with E-state index in [1.807, 2.05) is 24.3 Å². The van der Waals surface area contributed by atoms with E-state index in [4.69, 9.17) is 9.47 Å². The molecule has 0 fully saturated rings. The fraction of sp³-hybridized carbons (Fsp3) is 0.375. The molecule has 0 aliphatic heterocycles. The van der Waals surface area contributed by atoms with E-state index in [2.05, 4.69) is 23.7 Å². The molecule has 2 atom stereocenters.